The van der Waals surface area contributed by atoms with E-state index in [0.717, 1.165) is 0 Å². The van der Waals surface area contributed by atoms with Crippen LogP contribution in [0.25, 0.3) is 0 Å². The lowest BCUT2D eigenvalue weighted by Gasteiger charge is -2.03. The van der Waals surface area contributed by atoms with Gasteiger partial charge >= 0.3 is 35.2 Å². The molecule has 32 heavy (non-hydrogen) atoms. The maximum atomic E-state index is 11.7. The van der Waals surface area contributed by atoms with Gasteiger partial charge in [-0.25, -0.2) is 20.2 Å². The number of nitrogens with zero attached hydrogens (tertiary/aromatic N) is 8. The van der Waals surface area contributed by atoms with E-state index in [0.29, 0.717) is 12.4 Å². The van der Waals surface area contributed by atoms with Crippen LogP contribution in [0.1, 0.15) is 24.5 Å². The fourth-order valence-electron chi connectivity index (χ4n) is 2.09. The number of aromatic nitrogens is 4. The molecule has 0 aliphatic carbocycles. The smallest absolute Gasteiger partial charge is 0.388 e. The number of carbonyl (C=O) groups excluding carboxylic acids is 2. The van der Waals surface area contributed by atoms with E-state index in [1.807, 2.05) is 0 Å². The van der Waals surface area contributed by atoms with E-state index in [1.54, 1.807) is 0 Å². The summed E-state index contributed by atoms with van der Waals surface area (Å²) in [5.41, 5.74) is 0. The molecule has 20 nitrogen and oxygen atoms in total. The minimum absolute atomic E-state index is 0.191. The molecule has 0 saturated heterocycles. The van der Waals surface area contributed by atoms with Crippen LogP contribution in [-0.2, 0) is 32.3 Å². The molecule has 0 amide bonds. The van der Waals surface area contributed by atoms with Gasteiger partial charge < -0.3 is 29.7 Å². The molecule has 0 aliphatic rings. The average molecular weight is 458 g/mol. The van der Waals surface area contributed by atoms with Crippen LogP contribution in [0.3, 0.4) is 0 Å². The largest absolute Gasteiger partial charge is 0.455 e. The molecule has 2 rings (SSSR count). The van der Waals surface area contributed by atoms with E-state index in [9.17, 15) is 50.0 Å². The van der Waals surface area contributed by atoms with E-state index < -0.39 is 81.2 Å². The molecule has 0 N–H and O–H groups in total. The first-order valence-corrected chi connectivity index (χ1v) is 8.05. The van der Waals surface area contributed by atoms with Gasteiger partial charge in [0.15, 0.2) is 35.7 Å². The van der Waals surface area contributed by atoms with Gasteiger partial charge in [-0.3, -0.25) is 9.59 Å². The first kappa shape index (κ1) is 23.2. The zero-order valence-electron chi connectivity index (χ0n) is 15.5. The monoisotopic (exact) mass is 458 g/mol. The molecule has 2 aromatic heterocycles. The van der Waals surface area contributed by atoms with Crippen molar-refractivity contribution in [2.75, 3.05) is 0 Å². The normalized spacial score (nSPS) is 10.4. The van der Waals surface area contributed by atoms with E-state index in [2.05, 4.69) is 19.4 Å². The van der Waals surface area contributed by atoms with Crippen LogP contribution in [0.15, 0.2) is 12.4 Å². The van der Waals surface area contributed by atoms with Crippen molar-refractivity contribution in [3.63, 3.8) is 0 Å². The van der Waals surface area contributed by atoms with Crippen LogP contribution in [0.2, 0.25) is 0 Å². The summed E-state index contributed by atoms with van der Waals surface area (Å²) < 4.78 is 9.72. The summed E-state index contributed by atoms with van der Waals surface area (Å²) in [5, 5.41) is 40.9. The van der Waals surface area contributed by atoms with E-state index in [-0.39, 0.29) is 9.35 Å². The van der Waals surface area contributed by atoms with E-state index in [4.69, 9.17) is 0 Å². The molecule has 2 aromatic rings. The molecule has 0 aromatic carbocycles. The second-order valence-electron chi connectivity index (χ2n) is 5.53. The summed E-state index contributed by atoms with van der Waals surface area (Å²) in [4.78, 5) is 71.0. The molecule has 0 aliphatic heterocycles. The molecule has 0 atom stereocenters. The lowest BCUT2D eigenvalue weighted by Crippen LogP contribution is -2.16. The predicted octanol–water partition coefficient (Wildman–Crippen LogP) is -0.458. The summed E-state index contributed by atoms with van der Waals surface area (Å²) in [6.07, 6.45) is -0.132. The summed E-state index contributed by atoms with van der Waals surface area (Å²) in [5.74, 6) is -4.86. The Kier molecular flexibility index (Phi) is 7.00. The van der Waals surface area contributed by atoms with Crippen molar-refractivity contribution in [3.8, 4) is 0 Å². The van der Waals surface area contributed by atoms with Gasteiger partial charge in [-0.1, -0.05) is 0 Å². The number of carbonyl (C=O) groups is 2. The first-order chi connectivity index (χ1) is 15.0. The molecule has 170 valence electrons. The number of ether oxygens (including phenoxy) is 2. The fourth-order valence-corrected chi connectivity index (χ4v) is 2.09. The standard InChI is InChI=1S/C12H10N8O12/c21-11(31-5-9-13-7(17(23)24)3-15(9)19(27)28)1-2-12(22)32-6-10-14-8(18(25)26)4-16(10)20(29)30/h3-4H,1-2,5-6H2. The number of esters is 2. The average Bonchev–Trinajstić information content (AvgIpc) is 3.34. The Hall–Kier alpha value is -5.04. The molecule has 0 spiro atoms. The molecule has 0 saturated carbocycles. The highest BCUT2D eigenvalue weighted by atomic mass is 16.7. The van der Waals surface area contributed by atoms with Gasteiger partial charge in [0.25, 0.3) is 0 Å². The third-order valence-corrected chi connectivity index (χ3v) is 3.48. The highest BCUT2D eigenvalue weighted by Crippen LogP contribution is 2.13. The highest BCUT2D eigenvalue weighted by Gasteiger charge is 2.28. The van der Waals surface area contributed by atoms with Crippen LogP contribution in [0, 0.1) is 40.5 Å². The first-order valence-electron chi connectivity index (χ1n) is 8.05. The molecule has 20 heteroatoms. The van der Waals surface area contributed by atoms with E-state index >= 15 is 0 Å². The van der Waals surface area contributed by atoms with Gasteiger partial charge in [0, 0.05) is 0 Å². The lowest BCUT2D eigenvalue weighted by molar-refractivity contribution is -0.544. The molecule has 2 heterocycles. The van der Waals surface area contributed by atoms with Crippen LogP contribution in [-0.4, -0.2) is 51.2 Å². The zero-order chi connectivity index (χ0) is 24.0. The minimum Gasteiger partial charge on any atom is -0.455 e. The fraction of sp³-hybridized carbons (Fsp3) is 0.333. The Morgan fingerprint density at radius 1 is 0.750 bits per heavy atom. The minimum atomic E-state index is -1.04. The Labute approximate surface area is 173 Å². The number of hydrogen-bond donors (Lipinski definition) is 0. The van der Waals surface area contributed by atoms with Crippen molar-refractivity contribution in [1.82, 2.24) is 19.3 Å². The Balaban J connectivity index is 1.86. The van der Waals surface area contributed by atoms with Gasteiger partial charge in [0.1, 0.15) is 0 Å². The number of rotatable bonds is 11. The van der Waals surface area contributed by atoms with Crippen molar-refractivity contribution in [1.29, 1.82) is 0 Å². The van der Waals surface area contributed by atoms with Gasteiger partial charge in [-0.05, 0) is 29.2 Å². The van der Waals surface area contributed by atoms with Gasteiger partial charge in [-0.2, -0.15) is 0 Å². The zero-order valence-corrected chi connectivity index (χ0v) is 15.5. The van der Waals surface area contributed by atoms with Crippen LogP contribution in [0.5, 0.6) is 0 Å². The summed E-state index contributed by atoms with van der Waals surface area (Å²) in [6, 6.07) is 0. The molecule has 0 unspecified atom stereocenters. The maximum absolute atomic E-state index is 11.7. The molecule has 0 bridgehead atoms. The van der Waals surface area contributed by atoms with E-state index in [1.165, 1.54) is 0 Å². The number of imidazole rings is 2. The SMILES string of the molecule is O=C(CCC(=O)OCc1nc([N+](=O)[O-])cn1[N+](=O)[O-])OCc1nc([N+](=O)[O-])cn1[N+](=O)[O-]. The van der Waals surface area contributed by atoms with Crippen molar-refractivity contribution in [2.24, 2.45) is 0 Å². The predicted molar refractivity (Wildman–Crippen MR) is 91.4 cm³/mol. The Bertz CT molecular complexity index is 1020. The van der Waals surface area contributed by atoms with Crippen molar-refractivity contribution in [3.05, 3.63) is 64.5 Å². The third kappa shape index (κ3) is 5.74. The quantitative estimate of drug-likeness (QED) is 0.234. The van der Waals surface area contributed by atoms with Gasteiger partial charge in [-0.15, -0.1) is 0 Å². The van der Waals surface area contributed by atoms with Gasteiger partial charge in [0.2, 0.25) is 0 Å². The van der Waals surface area contributed by atoms with Crippen LogP contribution >= 0.6 is 0 Å². The highest BCUT2D eigenvalue weighted by molar-refractivity contribution is 5.77. The second-order valence-corrected chi connectivity index (χ2v) is 5.53. The summed E-state index contributed by atoms with van der Waals surface area (Å²) >= 11 is 0. The molecule has 0 radical (unpaired) electrons. The molecular weight excluding hydrogens is 448 g/mol. The maximum Gasteiger partial charge on any atom is 0.388 e. The topological polar surface area (TPSA) is 261 Å². The lowest BCUT2D eigenvalue weighted by atomic mass is 10.3. The van der Waals surface area contributed by atoms with Crippen LogP contribution in [0.4, 0.5) is 11.6 Å². The summed E-state index contributed by atoms with van der Waals surface area (Å²) in [6.45, 7) is -1.60. The van der Waals surface area contributed by atoms with Crippen molar-refractivity contribution in [2.45, 2.75) is 26.1 Å². The third-order valence-electron chi connectivity index (χ3n) is 3.48. The second kappa shape index (κ2) is 9.64. The number of nitro groups is 4. The summed E-state index contributed by atoms with van der Waals surface area (Å²) in [7, 11) is 0. The van der Waals surface area contributed by atoms with Crippen molar-refractivity contribution >= 4 is 23.6 Å². The van der Waals surface area contributed by atoms with Gasteiger partial charge in [0.05, 0.1) is 12.8 Å². The molecule has 0 fully saturated rings. The number of hydrogen-bond acceptors (Lipinski definition) is 14. The van der Waals surface area contributed by atoms with Crippen LogP contribution < -0.4 is 0 Å². The van der Waals surface area contributed by atoms with Crippen molar-refractivity contribution < 1.29 is 39.0 Å². The Morgan fingerprint density at radius 2 is 1.09 bits per heavy atom. The Morgan fingerprint density at radius 3 is 1.38 bits per heavy atom. The molecular formula is C12H10N8O12.